The van der Waals surface area contributed by atoms with Crippen LogP contribution in [0.1, 0.15) is 30.9 Å². The molecule has 0 radical (unpaired) electrons. The van der Waals surface area contributed by atoms with Crippen LogP contribution >= 0.6 is 0 Å². The lowest BCUT2D eigenvalue weighted by Crippen LogP contribution is -2.45. The van der Waals surface area contributed by atoms with Gasteiger partial charge in [0.05, 0.1) is 14.2 Å². The van der Waals surface area contributed by atoms with Gasteiger partial charge in [-0.1, -0.05) is 13.0 Å². The first-order valence-corrected chi connectivity index (χ1v) is 8.51. The number of hydrogen-bond donors (Lipinski definition) is 1. The molecule has 0 saturated heterocycles. The van der Waals surface area contributed by atoms with Crippen molar-refractivity contribution in [1.29, 1.82) is 0 Å². The first kappa shape index (κ1) is 16.8. The van der Waals surface area contributed by atoms with E-state index in [1.165, 1.54) is 0 Å². The minimum atomic E-state index is -1.34. The Bertz CT molecular complexity index is 844. The van der Waals surface area contributed by atoms with Crippen LogP contribution in [0.3, 0.4) is 0 Å². The molecule has 6 nitrogen and oxygen atoms in total. The topological polar surface area (TPSA) is 66.4 Å². The molecule has 0 unspecified atom stereocenters. The molecule has 0 saturated carbocycles. The van der Waals surface area contributed by atoms with Crippen molar-refractivity contribution < 1.29 is 28.8 Å². The van der Waals surface area contributed by atoms with E-state index in [1.807, 2.05) is 31.2 Å². The molecule has 2 aliphatic heterocycles. The van der Waals surface area contributed by atoms with Crippen molar-refractivity contribution in [3.05, 3.63) is 41.5 Å². The zero-order valence-electron chi connectivity index (χ0n) is 15.2. The van der Waals surface area contributed by atoms with Crippen molar-refractivity contribution in [2.45, 2.75) is 25.6 Å². The lowest BCUT2D eigenvalue weighted by atomic mass is 9.75. The predicted octanol–water partition coefficient (Wildman–Crippen LogP) is 3.30. The molecule has 1 N–H and O–H groups in total. The zero-order chi connectivity index (χ0) is 18.5. The van der Waals surface area contributed by atoms with E-state index >= 15 is 0 Å². The van der Waals surface area contributed by atoms with Gasteiger partial charge >= 0.3 is 0 Å². The van der Waals surface area contributed by atoms with E-state index in [0.717, 1.165) is 11.1 Å². The Balaban J connectivity index is 1.90. The monoisotopic (exact) mass is 358 g/mol. The van der Waals surface area contributed by atoms with Gasteiger partial charge in [-0.3, -0.25) is 0 Å². The predicted molar refractivity (Wildman–Crippen MR) is 94.4 cm³/mol. The van der Waals surface area contributed by atoms with Crippen LogP contribution in [-0.4, -0.2) is 31.9 Å². The van der Waals surface area contributed by atoms with Gasteiger partial charge in [-0.15, -0.1) is 0 Å². The molecular weight excluding hydrogens is 336 g/mol. The van der Waals surface area contributed by atoms with Crippen LogP contribution in [0.15, 0.2) is 30.3 Å². The van der Waals surface area contributed by atoms with Gasteiger partial charge in [-0.2, -0.15) is 0 Å². The van der Waals surface area contributed by atoms with E-state index in [-0.39, 0.29) is 18.6 Å². The van der Waals surface area contributed by atoms with Crippen LogP contribution in [-0.2, 0) is 0 Å². The van der Waals surface area contributed by atoms with Gasteiger partial charge < -0.3 is 28.8 Å². The second-order valence-corrected chi connectivity index (χ2v) is 6.77. The summed E-state index contributed by atoms with van der Waals surface area (Å²) >= 11 is 0. The van der Waals surface area contributed by atoms with E-state index in [4.69, 9.17) is 23.7 Å². The Hall–Kier alpha value is -2.60. The summed E-state index contributed by atoms with van der Waals surface area (Å²) in [7, 11) is 3.24. The number of methoxy groups -OCH3 is 2. The number of aliphatic hydroxyl groups is 1. The Morgan fingerprint density at radius 3 is 2.42 bits per heavy atom. The fraction of sp³-hybridized carbons (Fsp3) is 0.400. The van der Waals surface area contributed by atoms with E-state index in [9.17, 15) is 5.11 Å². The zero-order valence-corrected chi connectivity index (χ0v) is 15.2. The van der Waals surface area contributed by atoms with E-state index < -0.39 is 5.79 Å². The van der Waals surface area contributed by atoms with Gasteiger partial charge in [0.2, 0.25) is 12.6 Å². The van der Waals surface area contributed by atoms with Gasteiger partial charge in [0.1, 0.15) is 17.2 Å². The van der Waals surface area contributed by atoms with Crippen molar-refractivity contribution in [2.75, 3.05) is 21.0 Å². The van der Waals surface area contributed by atoms with Crippen LogP contribution in [0.25, 0.3) is 0 Å². The SMILES string of the molecule is COc1ccc([C@H]2c3cc4c(cc3O[C@@](C)(O)[C@H]2C)OCO4)c(OC)c1. The molecule has 3 atom stereocenters. The summed E-state index contributed by atoms with van der Waals surface area (Å²) in [6, 6.07) is 9.41. The Labute approximate surface area is 152 Å². The summed E-state index contributed by atoms with van der Waals surface area (Å²) in [4.78, 5) is 0. The Kier molecular flexibility index (Phi) is 3.88. The lowest BCUT2D eigenvalue weighted by Gasteiger charge is -2.42. The molecule has 0 spiro atoms. The highest BCUT2D eigenvalue weighted by Crippen LogP contribution is 2.53. The number of benzene rings is 2. The first-order chi connectivity index (χ1) is 12.4. The van der Waals surface area contributed by atoms with Crippen LogP contribution in [0.4, 0.5) is 0 Å². The standard InChI is InChI=1S/C20H22O6/c1-11-19(13-6-5-12(22-3)7-15(13)23-4)14-8-17-18(25-10-24-17)9-16(14)26-20(11,2)21/h5-9,11,19,21H,10H2,1-4H3/t11-,19-,20+/m0/s1. The molecule has 138 valence electrons. The summed E-state index contributed by atoms with van der Waals surface area (Å²) in [5.74, 6) is 1.58. The Morgan fingerprint density at radius 2 is 1.73 bits per heavy atom. The number of fused-ring (bicyclic) bond motifs is 2. The van der Waals surface area contributed by atoms with E-state index in [2.05, 4.69) is 0 Å². The molecule has 26 heavy (non-hydrogen) atoms. The summed E-state index contributed by atoms with van der Waals surface area (Å²) in [5, 5.41) is 10.9. The summed E-state index contributed by atoms with van der Waals surface area (Å²) in [6.45, 7) is 3.82. The highest BCUT2D eigenvalue weighted by molar-refractivity contribution is 5.58. The number of ether oxygens (including phenoxy) is 5. The third kappa shape index (κ3) is 2.52. The average molecular weight is 358 g/mol. The van der Waals surface area contributed by atoms with Gasteiger partial charge in [0.15, 0.2) is 11.5 Å². The van der Waals surface area contributed by atoms with Crippen molar-refractivity contribution in [3.8, 4) is 28.7 Å². The second kappa shape index (κ2) is 5.99. The normalized spacial score (nSPS) is 26.0. The van der Waals surface area contributed by atoms with Crippen molar-refractivity contribution in [1.82, 2.24) is 0 Å². The molecule has 2 heterocycles. The molecule has 0 bridgehead atoms. The smallest absolute Gasteiger partial charge is 0.231 e. The van der Waals surface area contributed by atoms with Gasteiger partial charge in [0, 0.05) is 42.0 Å². The molecule has 2 aliphatic rings. The van der Waals surface area contributed by atoms with Crippen molar-refractivity contribution in [2.24, 2.45) is 5.92 Å². The third-order valence-corrected chi connectivity index (χ3v) is 5.28. The fourth-order valence-electron chi connectivity index (χ4n) is 3.68. The van der Waals surface area contributed by atoms with Crippen LogP contribution < -0.4 is 23.7 Å². The maximum absolute atomic E-state index is 10.9. The average Bonchev–Trinajstić information content (AvgIpc) is 3.08. The third-order valence-electron chi connectivity index (χ3n) is 5.28. The van der Waals surface area contributed by atoms with Crippen LogP contribution in [0.5, 0.6) is 28.7 Å². The summed E-state index contributed by atoms with van der Waals surface area (Å²) in [6.07, 6.45) is 0. The van der Waals surface area contributed by atoms with E-state index in [0.29, 0.717) is 28.7 Å². The van der Waals surface area contributed by atoms with E-state index in [1.54, 1.807) is 27.2 Å². The molecule has 6 heteroatoms. The van der Waals surface area contributed by atoms with Crippen LogP contribution in [0.2, 0.25) is 0 Å². The molecule has 2 aromatic carbocycles. The second-order valence-electron chi connectivity index (χ2n) is 6.77. The molecule has 0 aliphatic carbocycles. The molecule has 0 fully saturated rings. The fourth-order valence-corrected chi connectivity index (χ4v) is 3.68. The van der Waals surface area contributed by atoms with Crippen molar-refractivity contribution >= 4 is 0 Å². The molecular formula is C20H22O6. The summed E-state index contributed by atoms with van der Waals surface area (Å²) < 4.78 is 27.8. The highest BCUT2D eigenvalue weighted by atomic mass is 16.7. The molecule has 0 amide bonds. The van der Waals surface area contributed by atoms with Crippen molar-refractivity contribution in [3.63, 3.8) is 0 Å². The largest absolute Gasteiger partial charge is 0.497 e. The van der Waals surface area contributed by atoms with Gasteiger partial charge in [-0.25, -0.2) is 0 Å². The molecule has 4 rings (SSSR count). The highest BCUT2D eigenvalue weighted by Gasteiger charge is 2.45. The minimum Gasteiger partial charge on any atom is -0.497 e. The maximum Gasteiger partial charge on any atom is 0.231 e. The molecule has 2 aromatic rings. The summed E-state index contributed by atoms with van der Waals surface area (Å²) in [5.41, 5.74) is 1.88. The van der Waals surface area contributed by atoms with Crippen LogP contribution in [0, 0.1) is 5.92 Å². The van der Waals surface area contributed by atoms with Gasteiger partial charge in [0.25, 0.3) is 0 Å². The molecule has 0 aromatic heterocycles. The quantitative estimate of drug-likeness (QED) is 0.908. The minimum absolute atomic E-state index is 0.149. The lowest BCUT2D eigenvalue weighted by molar-refractivity contribution is -0.171. The Morgan fingerprint density at radius 1 is 1.00 bits per heavy atom. The van der Waals surface area contributed by atoms with Gasteiger partial charge in [-0.05, 0) is 12.1 Å². The first-order valence-electron chi connectivity index (χ1n) is 8.51. The maximum atomic E-state index is 10.9. The number of rotatable bonds is 3. The number of hydrogen-bond acceptors (Lipinski definition) is 6.